The number of thioether (sulfide) groups is 1. The zero-order valence-electron chi connectivity index (χ0n) is 11.4. The Balaban J connectivity index is 2.25. The largest absolute Gasteiger partial charge is 0.497 e. The van der Waals surface area contributed by atoms with Gasteiger partial charge in [0, 0.05) is 0 Å². The number of hydrogen-bond donors (Lipinski definition) is 1. The predicted octanol–water partition coefficient (Wildman–Crippen LogP) is 2.37. The summed E-state index contributed by atoms with van der Waals surface area (Å²) in [6.45, 7) is 1.43. The number of carbonyl (C=O) groups excluding carboxylic acids is 1. The molecule has 1 fully saturated rings. The molecule has 1 aliphatic rings. The highest BCUT2D eigenvalue weighted by Gasteiger charge is 2.38. The van der Waals surface area contributed by atoms with Gasteiger partial charge in [-0.05, 0) is 30.7 Å². The topological polar surface area (TPSA) is 66.8 Å². The number of carboxylic acids is 1. The van der Waals surface area contributed by atoms with Gasteiger partial charge in [-0.3, -0.25) is 9.69 Å². The molecule has 1 saturated heterocycles. The molecular weight excluding hydrogens is 310 g/mol. The van der Waals surface area contributed by atoms with Crippen LogP contribution in [-0.4, -0.2) is 39.4 Å². The van der Waals surface area contributed by atoms with Crippen molar-refractivity contribution in [2.45, 2.75) is 13.0 Å². The van der Waals surface area contributed by atoms with Crippen molar-refractivity contribution in [1.29, 1.82) is 0 Å². The third-order valence-corrected chi connectivity index (χ3v) is 4.31. The van der Waals surface area contributed by atoms with Gasteiger partial charge >= 0.3 is 5.97 Å². The molecule has 1 heterocycles. The summed E-state index contributed by atoms with van der Waals surface area (Å²) in [6, 6.07) is 6.22. The van der Waals surface area contributed by atoms with Gasteiger partial charge in [-0.2, -0.15) is 0 Å². The summed E-state index contributed by atoms with van der Waals surface area (Å²) in [4.78, 5) is 24.8. The van der Waals surface area contributed by atoms with Crippen LogP contribution >= 0.6 is 24.0 Å². The first kappa shape index (κ1) is 15.5. The van der Waals surface area contributed by atoms with Crippen LogP contribution in [0.4, 0.5) is 0 Å². The smallest absolute Gasteiger partial charge is 0.326 e. The van der Waals surface area contributed by atoms with Gasteiger partial charge in [0.05, 0.1) is 12.0 Å². The van der Waals surface area contributed by atoms with E-state index in [1.165, 1.54) is 6.92 Å². The van der Waals surface area contributed by atoms with Crippen LogP contribution in [0.5, 0.6) is 5.75 Å². The molecule has 1 amide bonds. The van der Waals surface area contributed by atoms with E-state index < -0.39 is 12.0 Å². The van der Waals surface area contributed by atoms with Gasteiger partial charge in [0.15, 0.2) is 0 Å². The number of benzene rings is 1. The molecule has 5 nitrogen and oxygen atoms in total. The Kier molecular flexibility index (Phi) is 4.64. The Morgan fingerprint density at radius 1 is 1.43 bits per heavy atom. The summed E-state index contributed by atoms with van der Waals surface area (Å²) in [5, 5.41) is 9.02. The van der Waals surface area contributed by atoms with Gasteiger partial charge in [0.2, 0.25) is 0 Å². The van der Waals surface area contributed by atoms with Crippen LogP contribution in [0.15, 0.2) is 29.2 Å². The number of rotatable bonds is 4. The maximum Gasteiger partial charge on any atom is 0.326 e. The Morgan fingerprint density at radius 3 is 2.57 bits per heavy atom. The molecule has 0 spiro atoms. The molecule has 1 atom stereocenters. The maximum atomic E-state index is 12.3. The molecule has 0 bridgehead atoms. The molecule has 2 rings (SSSR count). The van der Waals surface area contributed by atoms with Gasteiger partial charge < -0.3 is 9.84 Å². The average molecular weight is 323 g/mol. The first-order valence-corrected chi connectivity index (χ1v) is 7.30. The Labute approximate surface area is 131 Å². The monoisotopic (exact) mass is 323 g/mol. The second kappa shape index (κ2) is 6.28. The fourth-order valence-corrected chi connectivity index (χ4v) is 3.19. The first-order valence-electron chi connectivity index (χ1n) is 6.08. The zero-order valence-corrected chi connectivity index (χ0v) is 13.0. The molecule has 0 aromatic heterocycles. The van der Waals surface area contributed by atoms with Crippen molar-refractivity contribution >= 4 is 46.3 Å². The van der Waals surface area contributed by atoms with Crippen LogP contribution in [0.25, 0.3) is 6.08 Å². The van der Waals surface area contributed by atoms with E-state index in [0.717, 1.165) is 28.0 Å². The number of carbonyl (C=O) groups is 2. The number of methoxy groups -OCH3 is 1. The summed E-state index contributed by atoms with van der Waals surface area (Å²) in [7, 11) is 1.58. The number of aliphatic carboxylic acids is 1. The number of thiocarbonyl (C=S) groups is 1. The molecule has 7 heteroatoms. The molecule has 1 aromatic carbocycles. The molecule has 1 aromatic rings. The van der Waals surface area contributed by atoms with Crippen molar-refractivity contribution in [2.75, 3.05) is 7.11 Å². The van der Waals surface area contributed by atoms with E-state index >= 15 is 0 Å². The van der Waals surface area contributed by atoms with Crippen LogP contribution in [0.2, 0.25) is 0 Å². The highest BCUT2D eigenvalue weighted by atomic mass is 32.2. The highest BCUT2D eigenvalue weighted by Crippen LogP contribution is 2.34. The van der Waals surface area contributed by atoms with Crippen molar-refractivity contribution in [3.63, 3.8) is 0 Å². The van der Waals surface area contributed by atoms with Gasteiger partial charge in [-0.25, -0.2) is 4.79 Å². The van der Waals surface area contributed by atoms with E-state index in [0.29, 0.717) is 4.91 Å². The van der Waals surface area contributed by atoms with E-state index in [-0.39, 0.29) is 10.2 Å². The van der Waals surface area contributed by atoms with Crippen LogP contribution in [-0.2, 0) is 9.59 Å². The van der Waals surface area contributed by atoms with Gasteiger partial charge in [-0.1, -0.05) is 36.1 Å². The molecule has 21 heavy (non-hydrogen) atoms. The van der Waals surface area contributed by atoms with E-state index in [1.54, 1.807) is 25.3 Å². The Hall–Kier alpha value is -1.86. The highest BCUT2D eigenvalue weighted by molar-refractivity contribution is 8.26. The minimum absolute atomic E-state index is 0.259. The lowest BCUT2D eigenvalue weighted by atomic mass is 10.2. The predicted molar refractivity (Wildman–Crippen MR) is 85.1 cm³/mol. The third-order valence-electron chi connectivity index (χ3n) is 2.98. The fraction of sp³-hybridized carbons (Fsp3) is 0.214. The quantitative estimate of drug-likeness (QED) is 0.678. The third kappa shape index (κ3) is 3.25. The number of carboxylic acid groups (broad SMARTS) is 1. The van der Waals surface area contributed by atoms with Crippen LogP contribution in [0.1, 0.15) is 12.5 Å². The molecule has 110 valence electrons. The molecule has 0 radical (unpaired) electrons. The molecule has 1 aliphatic heterocycles. The molecule has 1 N–H and O–H groups in total. The minimum atomic E-state index is -1.09. The summed E-state index contributed by atoms with van der Waals surface area (Å²) >= 11 is 6.20. The molecular formula is C14H13NO4S2. The van der Waals surface area contributed by atoms with Crippen molar-refractivity contribution in [3.8, 4) is 5.75 Å². The Bertz CT molecular complexity index is 624. The summed E-state index contributed by atoms with van der Waals surface area (Å²) in [5.74, 6) is -0.744. The van der Waals surface area contributed by atoms with E-state index in [4.69, 9.17) is 22.1 Å². The van der Waals surface area contributed by atoms with E-state index in [2.05, 4.69) is 0 Å². The Morgan fingerprint density at radius 2 is 2.05 bits per heavy atom. The first-order chi connectivity index (χ1) is 9.93. The van der Waals surface area contributed by atoms with Crippen LogP contribution < -0.4 is 4.74 Å². The maximum absolute atomic E-state index is 12.3. The normalized spacial score (nSPS) is 18.2. The van der Waals surface area contributed by atoms with Crippen molar-refractivity contribution < 1.29 is 19.4 Å². The molecule has 0 saturated carbocycles. The molecule has 1 unspecified atom stereocenters. The van der Waals surface area contributed by atoms with Crippen LogP contribution in [0, 0.1) is 0 Å². The minimum Gasteiger partial charge on any atom is -0.497 e. The summed E-state index contributed by atoms with van der Waals surface area (Å²) in [6.07, 6.45) is 1.69. The lowest BCUT2D eigenvalue weighted by molar-refractivity contribution is -0.144. The van der Waals surface area contributed by atoms with Gasteiger partial charge in [0.1, 0.15) is 16.1 Å². The summed E-state index contributed by atoms with van der Waals surface area (Å²) < 4.78 is 5.32. The SMILES string of the molecule is COc1ccc(/C=C2\SC(=S)N(C(C)C(=O)O)C2=O)cc1. The second-order valence-corrected chi connectivity index (χ2v) is 6.01. The number of hydrogen-bond acceptors (Lipinski definition) is 5. The average Bonchev–Trinajstić information content (AvgIpc) is 2.73. The zero-order chi connectivity index (χ0) is 15.6. The second-order valence-electron chi connectivity index (χ2n) is 4.34. The number of ether oxygens (including phenoxy) is 1. The fourth-order valence-electron chi connectivity index (χ4n) is 1.78. The summed E-state index contributed by atoms with van der Waals surface area (Å²) in [5.41, 5.74) is 0.819. The van der Waals surface area contributed by atoms with E-state index in [9.17, 15) is 9.59 Å². The van der Waals surface area contributed by atoms with Crippen molar-refractivity contribution in [1.82, 2.24) is 4.90 Å². The van der Waals surface area contributed by atoms with Crippen molar-refractivity contribution in [3.05, 3.63) is 34.7 Å². The standard InChI is InChI=1S/C14H13NO4S2/c1-8(13(17)18)15-12(16)11(21-14(15)20)7-9-3-5-10(19-2)6-4-9/h3-8H,1-2H3,(H,17,18)/b11-7-. The van der Waals surface area contributed by atoms with Gasteiger partial charge in [-0.15, -0.1) is 0 Å². The van der Waals surface area contributed by atoms with Gasteiger partial charge in [0.25, 0.3) is 5.91 Å². The lowest BCUT2D eigenvalue weighted by Crippen LogP contribution is -2.41. The number of nitrogens with zero attached hydrogens (tertiary/aromatic N) is 1. The van der Waals surface area contributed by atoms with Crippen molar-refractivity contribution in [2.24, 2.45) is 0 Å². The van der Waals surface area contributed by atoms with Crippen LogP contribution in [0.3, 0.4) is 0 Å². The number of amides is 1. The lowest BCUT2D eigenvalue weighted by Gasteiger charge is -2.18. The van der Waals surface area contributed by atoms with E-state index in [1.807, 2.05) is 12.1 Å². The molecule has 0 aliphatic carbocycles.